The van der Waals surface area contributed by atoms with Crippen LogP contribution in [0.15, 0.2) is 48.6 Å². The van der Waals surface area contributed by atoms with Crippen LogP contribution < -0.4 is 0 Å². The normalized spacial score (nSPS) is 12.3. The molecule has 72 heavy (non-hydrogen) atoms. The van der Waals surface area contributed by atoms with Gasteiger partial charge in [0.05, 0.1) is 0 Å². The third kappa shape index (κ3) is 58.3. The summed E-state index contributed by atoms with van der Waals surface area (Å²) < 4.78 is 16.8. The minimum atomic E-state index is -0.764. The molecule has 0 N–H and O–H groups in total. The Morgan fingerprint density at radius 3 is 0.847 bits per heavy atom. The maximum atomic E-state index is 12.8. The van der Waals surface area contributed by atoms with Crippen molar-refractivity contribution in [1.82, 2.24) is 0 Å². The van der Waals surface area contributed by atoms with Crippen LogP contribution in [-0.4, -0.2) is 37.2 Å². The third-order valence-corrected chi connectivity index (χ3v) is 14.1. The van der Waals surface area contributed by atoms with Gasteiger partial charge in [-0.15, -0.1) is 0 Å². The summed E-state index contributed by atoms with van der Waals surface area (Å²) in [5.41, 5.74) is 0. The van der Waals surface area contributed by atoms with Crippen LogP contribution >= 0.6 is 0 Å². The quantitative estimate of drug-likeness (QED) is 0.0261. The van der Waals surface area contributed by atoms with E-state index in [0.717, 1.165) is 83.5 Å². The van der Waals surface area contributed by atoms with Crippen LogP contribution in [0.5, 0.6) is 0 Å². The molecule has 0 aliphatic carbocycles. The van der Waals surface area contributed by atoms with E-state index in [1.807, 2.05) is 0 Å². The lowest BCUT2D eigenvalue weighted by Crippen LogP contribution is -2.30. The van der Waals surface area contributed by atoms with E-state index in [9.17, 15) is 14.4 Å². The van der Waals surface area contributed by atoms with Gasteiger partial charge < -0.3 is 14.2 Å². The second kappa shape index (κ2) is 60.9. The number of hydrogen-bond donors (Lipinski definition) is 0. The molecule has 0 amide bonds. The van der Waals surface area contributed by atoms with Crippen LogP contribution in [0.2, 0.25) is 0 Å². The van der Waals surface area contributed by atoms with Gasteiger partial charge in [0.1, 0.15) is 13.2 Å². The molecule has 6 heteroatoms. The number of ether oxygens (including phenoxy) is 3. The standard InChI is InChI=1S/C66H120O6/c1-4-7-10-13-16-19-22-23-24-25-26-27-28-29-30-31-32-33-34-35-36-37-38-39-40-41-42-43-45-47-50-53-56-59-65(68)71-62-63(61-70-64(67)58-55-52-49-46-21-18-15-12-9-6-3)72-66(69)60-57-54-51-48-44-20-17-14-11-8-5-2/h7,10,16,19,23-24,26-27,63H,4-6,8-9,11-15,17-18,20-22,25,28-62H2,1-3H3/b10-7-,19-16-,24-23-,27-26-. The lowest BCUT2D eigenvalue weighted by molar-refractivity contribution is -0.167. The van der Waals surface area contributed by atoms with Gasteiger partial charge in [-0.2, -0.15) is 0 Å². The molecule has 1 unspecified atom stereocenters. The van der Waals surface area contributed by atoms with Gasteiger partial charge in [-0.05, 0) is 57.8 Å². The van der Waals surface area contributed by atoms with E-state index in [2.05, 4.69) is 69.4 Å². The molecule has 0 radical (unpaired) electrons. The predicted molar refractivity (Wildman–Crippen MR) is 312 cm³/mol. The summed E-state index contributed by atoms with van der Waals surface area (Å²) in [5, 5.41) is 0. The highest BCUT2D eigenvalue weighted by Crippen LogP contribution is 2.18. The number of rotatable bonds is 58. The molecule has 0 saturated heterocycles. The molecule has 0 aromatic heterocycles. The van der Waals surface area contributed by atoms with E-state index in [1.54, 1.807) is 0 Å². The van der Waals surface area contributed by atoms with Crippen LogP contribution in [0.25, 0.3) is 0 Å². The molecule has 0 spiro atoms. The van der Waals surface area contributed by atoms with Gasteiger partial charge in [0.25, 0.3) is 0 Å². The second-order valence-electron chi connectivity index (χ2n) is 21.3. The fraction of sp³-hybridized carbons (Fsp3) is 0.833. The van der Waals surface area contributed by atoms with Gasteiger partial charge >= 0.3 is 17.9 Å². The second-order valence-corrected chi connectivity index (χ2v) is 21.3. The first-order chi connectivity index (χ1) is 35.5. The van der Waals surface area contributed by atoms with Gasteiger partial charge in [0.15, 0.2) is 6.10 Å². The first-order valence-corrected chi connectivity index (χ1v) is 31.6. The molecule has 0 bridgehead atoms. The molecule has 0 aliphatic heterocycles. The lowest BCUT2D eigenvalue weighted by Gasteiger charge is -2.18. The predicted octanol–water partition coefficient (Wildman–Crippen LogP) is 21.4. The zero-order valence-corrected chi connectivity index (χ0v) is 48.2. The molecule has 0 rings (SSSR count). The minimum absolute atomic E-state index is 0.0657. The largest absolute Gasteiger partial charge is 0.462 e. The fourth-order valence-electron chi connectivity index (χ4n) is 9.38. The smallest absolute Gasteiger partial charge is 0.306 e. The van der Waals surface area contributed by atoms with Crippen molar-refractivity contribution in [3.63, 3.8) is 0 Å². The van der Waals surface area contributed by atoms with Crippen molar-refractivity contribution in [2.24, 2.45) is 0 Å². The first-order valence-electron chi connectivity index (χ1n) is 31.6. The maximum Gasteiger partial charge on any atom is 0.306 e. The van der Waals surface area contributed by atoms with Crippen LogP contribution in [0.3, 0.4) is 0 Å². The highest BCUT2D eigenvalue weighted by atomic mass is 16.6. The van der Waals surface area contributed by atoms with E-state index in [-0.39, 0.29) is 31.1 Å². The van der Waals surface area contributed by atoms with E-state index in [4.69, 9.17) is 14.2 Å². The van der Waals surface area contributed by atoms with E-state index >= 15 is 0 Å². The summed E-state index contributed by atoms with van der Waals surface area (Å²) in [6.07, 6.45) is 75.8. The first kappa shape index (κ1) is 69.4. The summed E-state index contributed by atoms with van der Waals surface area (Å²) in [6, 6.07) is 0. The third-order valence-electron chi connectivity index (χ3n) is 14.1. The van der Waals surface area contributed by atoms with E-state index < -0.39 is 6.10 Å². The summed E-state index contributed by atoms with van der Waals surface area (Å²) >= 11 is 0. The molecular formula is C66H120O6. The number of hydrogen-bond acceptors (Lipinski definition) is 6. The zero-order chi connectivity index (χ0) is 52.2. The van der Waals surface area contributed by atoms with Gasteiger partial charge in [0.2, 0.25) is 0 Å². The van der Waals surface area contributed by atoms with Crippen molar-refractivity contribution in [3.05, 3.63) is 48.6 Å². The van der Waals surface area contributed by atoms with Crippen LogP contribution in [-0.2, 0) is 28.6 Å². The van der Waals surface area contributed by atoms with Gasteiger partial charge in [-0.1, -0.05) is 307 Å². The fourth-order valence-corrected chi connectivity index (χ4v) is 9.38. The zero-order valence-electron chi connectivity index (χ0n) is 48.2. The Balaban J connectivity index is 3.98. The summed E-state index contributed by atoms with van der Waals surface area (Å²) in [6.45, 7) is 6.55. The van der Waals surface area contributed by atoms with Crippen molar-refractivity contribution in [3.8, 4) is 0 Å². The Morgan fingerprint density at radius 2 is 0.542 bits per heavy atom. The van der Waals surface area contributed by atoms with Gasteiger partial charge in [-0.3, -0.25) is 14.4 Å². The molecule has 1 atom stereocenters. The van der Waals surface area contributed by atoms with Gasteiger partial charge in [0, 0.05) is 19.3 Å². The average molecular weight is 1010 g/mol. The van der Waals surface area contributed by atoms with Crippen molar-refractivity contribution in [2.45, 2.75) is 341 Å². The number of carbonyl (C=O) groups excluding carboxylic acids is 3. The highest BCUT2D eigenvalue weighted by molar-refractivity contribution is 5.71. The molecule has 0 aromatic rings. The van der Waals surface area contributed by atoms with Crippen molar-refractivity contribution in [2.75, 3.05) is 13.2 Å². The molecular weight excluding hydrogens is 889 g/mol. The van der Waals surface area contributed by atoms with Crippen LogP contribution in [0.4, 0.5) is 0 Å². The van der Waals surface area contributed by atoms with Gasteiger partial charge in [-0.25, -0.2) is 0 Å². The average Bonchev–Trinajstić information content (AvgIpc) is 3.38. The van der Waals surface area contributed by atoms with Crippen LogP contribution in [0.1, 0.15) is 335 Å². The summed E-state index contributed by atoms with van der Waals surface area (Å²) in [4.78, 5) is 38.0. The Morgan fingerprint density at radius 1 is 0.292 bits per heavy atom. The maximum absolute atomic E-state index is 12.8. The molecule has 420 valence electrons. The van der Waals surface area contributed by atoms with Crippen molar-refractivity contribution < 1.29 is 28.6 Å². The highest BCUT2D eigenvalue weighted by Gasteiger charge is 2.19. The summed E-state index contributed by atoms with van der Waals surface area (Å²) in [5.74, 6) is -0.848. The number of carbonyl (C=O) groups is 3. The van der Waals surface area contributed by atoms with Crippen molar-refractivity contribution in [1.29, 1.82) is 0 Å². The van der Waals surface area contributed by atoms with Crippen molar-refractivity contribution >= 4 is 17.9 Å². The van der Waals surface area contributed by atoms with Crippen LogP contribution in [0, 0.1) is 0 Å². The SMILES string of the molecule is CC/C=C\C/C=C\C/C=C\C/C=C\CCCCCCCCCCCCCCCCCCCCCCC(=O)OCC(COC(=O)CCCCCCCCCCCC)OC(=O)CCCCCCCCCCCCC. The summed E-state index contributed by atoms with van der Waals surface area (Å²) in [7, 11) is 0. The molecule has 0 heterocycles. The Kier molecular flexibility index (Phi) is 58.7. The lowest BCUT2D eigenvalue weighted by atomic mass is 10.0. The Bertz CT molecular complexity index is 1250. The molecule has 0 aromatic carbocycles. The molecule has 0 saturated carbocycles. The molecule has 0 fully saturated rings. The Hall–Kier alpha value is -2.63. The molecule has 6 nitrogen and oxygen atoms in total. The topological polar surface area (TPSA) is 78.9 Å². The van der Waals surface area contributed by atoms with E-state index in [1.165, 1.54) is 212 Å². The monoisotopic (exact) mass is 1010 g/mol. The minimum Gasteiger partial charge on any atom is -0.462 e. The number of esters is 3. The Labute approximate surface area is 448 Å². The number of allylic oxidation sites excluding steroid dienone is 8. The number of unbranched alkanes of at least 4 members (excludes halogenated alkanes) is 39. The molecule has 0 aliphatic rings. The van der Waals surface area contributed by atoms with E-state index in [0.29, 0.717) is 19.3 Å².